The van der Waals surface area contributed by atoms with E-state index in [1.807, 2.05) is 0 Å². The minimum absolute atomic E-state index is 0.212. The zero-order valence-corrected chi connectivity index (χ0v) is 11.2. The van der Waals surface area contributed by atoms with Crippen LogP contribution in [0.25, 0.3) is 0 Å². The number of aromatic nitrogens is 1. The molecule has 0 radical (unpaired) electrons. The number of nitrogens with one attached hydrogen (secondary N) is 1. The molecule has 0 saturated carbocycles. The average molecular weight is 302 g/mol. The largest absolute Gasteiger partial charge is 0.319 e. The van der Waals surface area contributed by atoms with Gasteiger partial charge in [-0.15, -0.1) is 0 Å². The number of amides is 1. The molecule has 0 saturated heterocycles. The minimum Gasteiger partial charge on any atom is -0.319 e. The highest BCUT2D eigenvalue weighted by Gasteiger charge is 2.12. The van der Waals surface area contributed by atoms with E-state index in [2.05, 4.69) is 10.3 Å². The Kier molecular flexibility index (Phi) is 4.07. The van der Waals surface area contributed by atoms with Gasteiger partial charge in [0.25, 0.3) is 5.91 Å². The third kappa shape index (κ3) is 2.93. The predicted molar refractivity (Wildman–Crippen MR) is 73.7 cm³/mol. The van der Waals surface area contributed by atoms with Gasteiger partial charge in [-0.1, -0.05) is 34.8 Å². The van der Waals surface area contributed by atoms with Crippen LogP contribution in [0.5, 0.6) is 0 Å². The van der Waals surface area contributed by atoms with Crippen LogP contribution in [0, 0.1) is 0 Å². The monoisotopic (exact) mass is 300 g/mol. The summed E-state index contributed by atoms with van der Waals surface area (Å²) >= 11 is 17.6. The van der Waals surface area contributed by atoms with E-state index in [0.29, 0.717) is 15.7 Å². The summed E-state index contributed by atoms with van der Waals surface area (Å²) < 4.78 is 0. The molecule has 3 nitrogen and oxygen atoms in total. The number of pyridine rings is 1. The van der Waals surface area contributed by atoms with Gasteiger partial charge in [0.1, 0.15) is 0 Å². The van der Waals surface area contributed by atoms with E-state index in [1.54, 1.807) is 24.3 Å². The van der Waals surface area contributed by atoms with Crippen LogP contribution in [0.3, 0.4) is 0 Å². The van der Waals surface area contributed by atoms with Crippen molar-refractivity contribution in [1.82, 2.24) is 4.98 Å². The van der Waals surface area contributed by atoms with E-state index in [9.17, 15) is 4.79 Å². The lowest BCUT2D eigenvalue weighted by Gasteiger charge is -2.07. The van der Waals surface area contributed by atoms with Crippen molar-refractivity contribution in [2.45, 2.75) is 0 Å². The number of anilines is 1. The normalized spacial score (nSPS) is 10.2. The lowest BCUT2D eigenvalue weighted by Crippen LogP contribution is -2.13. The molecule has 0 aliphatic heterocycles. The predicted octanol–water partition coefficient (Wildman–Crippen LogP) is 4.29. The zero-order valence-electron chi connectivity index (χ0n) is 8.95. The number of hydrogen-bond donors (Lipinski definition) is 1. The molecule has 1 N–H and O–H groups in total. The Morgan fingerprint density at radius 2 is 1.94 bits per heavy atom. The molecule has 1 amide bonds. The number of halogens is 3. The standard InChI is InChI=1S/C12H7Cl3N2O/c13-7-3-4-9(14)8(6-7)12(18)17-10-2-1-5-16-11(10)15/h1-6H,(H,17,18). The fourth-order valence-electron chi connectivity index (χ4n) is 1.34. The van der Waals surface area contributed by atoms with Gasteiger partial charge in [0.05, 0.1) is 16.3 Å². The van der Waals surface area contributed by atoms with Crippen LogP contribution in [0.1, 0.15) is 10.4 Å². The van der Waals surface area contributed by atoms with Crippen molar-refractivity contribution in [3.63, 3.8) is 0 Å². The van der Waals surface area contributed by atoms with Crippen molar-refractivity contribution in [2.24, 2.45) is 0 Å². The highest BCUT2D eigenvalue weighted by Crippen LogP contribution is 2.23. The summed E-state index contributed by atoms with van der Waals surface area (Å²) in [5.74, 6) is -0.391. The fraction of sp³-hybridized carbons (Fsp3) is 0. The molecule has 1 aromatic heterocycles. The van der Waals surface area contributed by atoms with Crippen LogP contribution in [-0.4, -0.2) is 10.9 Å². The first-order chi connectivity index (χ1) is 8.58. The van der Waals surface area contributed by atoms with Crippen LogP contribution in [-0.2, 0) is 0 Å². The summed E-state index contributed by atoms with van der Waals surface area (Å²) in [4.78, 5) is 15.9. The van der Waals surface area contributed by atoms with Crippen molar-refractivity contribution in [2.75, 3.05) is 5.32 Å². The second kappa shape index (κ2) is 5.57. The minimum atomic E-state index is -0.391. The van der Waals surface area contributed by atoms with Crippen molar-refractivity contribution in [3.05, 3.63) is 57.3 Å². The molecule has 2 aromatic rings. The van der Waals surface area contributed by atoms with Crippen LogP contribution < -0.4 is 5.32 Å². The first-order valence-electron chi connectivity index (χ1n) is 4.95. The molecule has 0 unspecified atom stereocenters. The first kappa shape index (κ1) is 13.1. The molecule has 0 aliphatic rings. The molecule has 2 rings (SSSR count). The van der Waals surface area contributed by atoms with Crippen LogP contribution in [0.15, 0.2) is 36.5 Å². The lowest BCUT2D eigenvalue weighted by molar-refractivity contribution is 0.102. The van der Waals surface area contributed by atoms with Gasteiger partial charge in [0.15, 0.2) is 5.15 Å². The van der Waals surface area contributed by atoms with Crippen molar-refractivity contribution >= 4 is 46.4 Å². The van der Waals surface area contributed by atoms with Gasteiger partial charge in [-0.3, -0.25) is 4.79 Å². The van der Waals surface area contributed by atoms with E-state index < -0.39 is 5.91 Å². The highest BCUT2D eigenvalue weighted by molar-refractivity contribution is 6.37. The number of carbonyl (C=O) groups is 1. The molecule has 0 aliphatic carbocycles. The summed E-state index contributed by atoms with van der Waals surface area (Å²) in [5, 5.41) is 3.58. The van der Waals surface area contributed by atoms with Gasteiger partial charge in [0.2, 0.25) is 0 Å². The lowest BCUT2D eigenvalue weighted by atomic mass is 10.2. The van der Waals surface area contributed by atoms with Crippen molar-refractivity contribution < 1.29 is 4.79 Å². The molecule has 1 aromatic carbocycles. The maximum atomic E-state index is 12.0. The van der Waals surface area contributed by atoms with E-state index >= 15 is 0 Å². The Morgan fingerprint density at radius 1 is 1.17 bits per heavy atom. The molecule has 18 heavy (non-hydrogen) atoms. The second-order valence-corrected chi connectivity index (χ2v) is 4.62. The number of rotatable bonds is 2. The van der Waals surface area contributed by atoms with Gasteiger partial charge in [0, 0.05) is 11.2 Å². The Hall–Kier alpha value is -1.29. The van der Waals surface area contributed by atoms with Crippen LogP contribution in [0.2, 0.25) is 15.2 Å². The summed E-state index contributed by atoms with van der Waals surface area (Å²) in [5.41, 5.74) is 0.698. The number of benzene rings is 1. The topological polar surface area (TPSA) is 42.0 Å². The number of hydrogen-bond acceptors (Lipinski definition) is 2. The summed E-state index contributed by atoms with van der Waals surface area (Å²) in [6.45, 7) is 0. The Morgan fingerprint density at radius 3 is 2.67 bits per heavy atom. The van der Waals surface area contributed by atoms with E-state index in [4.69, 9.17) is 34.8 Å². The fourth-order valence-corrected chi connectivity index (χ4v) is 1.88. The van der Waals surface area contributed by atoms with Crippen molar-refractivity contribution in [3.8, 4) is 0 Å². The second-order valence-electron chi connectivity index (χ2n) is 3.42. The molecule has 0 bridgehead atoms. The highest BCUT2D eigenvalue weighted by atomic mass is 35.5. The summed E-state index contributed by atoms with van der Waals surface area (Å²) in [6.07, 6.45) is 1.53. The molecule has 92 valence electrons. The maximum absolute atomic E-state index is 12.0. The zero-order chi connectivity index (χ0) is 13.1. The Bertz CT molecular complexity index is 602. The maximum Gasteiger partial charge on any atom is 0.257 e. The summed E-state index contributed by atoms with van der Waals surface area (Å²) in [6, 6.07) is 7.97. The quantitative estimate of drug-likeness (QED) is 0.841. The van der Waals surface area contributed by atoms with Gasteiger partial charge >= 0.3 is 0 Å². The van der Waals surface area contributed by atoms with E-state index in [-0.39, 0.29) is 10.7 Å². The third-order valence-electron chi connectivity index (χ3n) is 2.18. The van der Waals surface area contributed by atoms with Gasteiger partial charge in [-0.05, 0) is 30.3 Å². The van der Waals surface area contributed by atoms with Crippen LogP contribution >= 0.6 is 34.8 Å². The van der Waals surface area contributed by atoms with Gasteiger partial charge in [-0.25, -0.2) is 4.98 Å². The molecule has 1 heterocycles. The van der Waals surface area contributed by atoms with E-state index in [1.165, 1.54) is 12.3 Å². The number of carbonyl (C=O) groups excluding carboxylic acids is 1. The molecule has 0 spiro atoms. The molecular formula is C12H7Cl3N2O. The van der Waals surface area contributed by atoms with Crippen molar-refractivity contribution in [1.29, 1.82) is 0 Å². The molecule has 6 heteroatoms. The Balaban J connectivity index is 2.28. The smallest absolute Gasteiger partial charge is 0.257 e. The number of nitrogens with zero attached hydrogens (tertiary/aromatic N) is 1. The molecule has 0 fully saturated rings. The SMILES string of the molecule is O=C(Nc1cccnc1Cl)c1cc(Cl)ccc1Cl. The first-order valence-corrected chi connectivity index (χ1v) is 6.08. The van der Waals surface area contributed by atoms with Gasteiger partial charge < -0.3 is 5.32 Å². The summed E-state index contributed by atoms with van der Waals surface area (Å²) in [7, 11) is 0. The molecular weight excluding hydrogens is 295 g/mol. The van der Waals surface area contributed by atoms with Crippen LogP contribution in [0.4, 0.5) is 5.69 Å². The average Bonchev–Trinajstić information content (AvgIpc) is 2.35. The Labute approximate surface area is 119 Å². The van der Waals surface area contributed by atoms with Gasteiger partial charge in [-0.2, -0.15) is 0 Å². The van der Waals surface area contributed by atoms with E-state index in [0.717, 1.165) is 0 Å². The third-order valence-corrected chi connectivity index (χ3v) is 3.05. The molecule has 0 atom stereocenters.